The van der Waals surface area contributed by atoms with Crippen molar-refractivity contribution in [1.82, 2.24) is 10.3 Å². The summed E-state index contributed by atoms with van der Waals surface area (Å²) in [5.41, 5.74) is 0. The lowest BCUT2D eigenvalue weighted by Gasteiger charge is -2.04. The fourth-order valence-corrected chi connectivity index (χ4v) is 1.43. The topological polar surface area (TPSA) is 46.2 Å². The third-order valence-corrected chi connectivity index (χ3v) is 2.22. The molecule has 1 rings (SSSR count). The van der Waals surface area contributed by atoms with Gasteiger partial charge < -0.3 is 15.4 Å². The Morgan fingerprint density at radius 3 is 3.08 bits per heavy atom. The summed E-state index contributed by atoms with van der Waals surface area (Å²) in [7, 11) is 1.70. The Labute approximate surface area is 82.3 Å². The number of hydrogen-bond acceptors (Lipinski definition) is 5. The Bertz CT molecular complexity index is 203. The average Bonchev–Trinajstić information content (AvgIpc) is 2.63. The van der Waals surface area contributed by atoms with Crippen LogP contribution in [0.5, 0.6) is 0 Å². The van der Waals surface area contributed by atoms with E-state index < -0.39 is 0 Å². The van der Waals surface area contributed by atoms with Gasteiger partial charge in [0.2, 0.25) is 0 Å². The predicted octanol–water partition coefficient (Wildman–Crippen LogP) is 0.791. The van der Waals surface area contributed by atoms with Gasteiger partial charge in [0.25, 0.3) is 0 Å². The van der Waals surface area contributed by atoms with Crippen LogP contribution in [0.3, 0.4) is 0 Å². The summed E-state index contributed by atoms with van der Waals surface area (Å²) in [6, 6.07) is 0. The van der Waals surface area contributed by atoms with Gasteiger partial charge in [-0.1, -0.05) is 0 Å². The monoisotopic (exact) mass is 201 g/mol. The molecule has 5 heteroatoms. The second kappa shape index (κ2) is 6.82. The number of methoxy groups -OCH3 is 1. The molecule has 0 amide bonds. The lowest BCUT2D eigenvalue weighted by atomic mass is 10.6. The summed E-state index contributed by atoms with van der Waals surface area (Å²) < 4.78 is 4.90. The first kappa shape index (κ1) is 10.4. The Kier molecular flexibility index (Phi) is 5.47. The van der Waals surface area contributed by atoms with Crippen molar-refractivity contribution in [2.75, 3.05) is 38.7 Å². The summed E-state index contributed by atoms with van der Waals surface area (Å²) in [4.78, 5) is 4.11. The molecule has 0 saturated heterocycles. The minimum atomic E-state index is 0.761. The van der Waals surface area contributed by atoms with Gasteiger partial charge in [-0.05, 0) is 0 Å². The third-order valence-electron chi connectivity index (χ3n) is 1.49. The lowest BCUT2D eigenvalue weighted by Crippen LogP contribution is -2.25. The average molecular weight is 201 g/mol. The van der Waals surface area contributed by atoms with Gasteiger partial charge in [0.15, 0.2) is 5.13 Å². The summed E-state index contributed by atoms with van der Waals surface area (Å²) in [6.45, 7) is 3.49. The number of rotatable bonds is 7. The molecule has 0 bridgehead atoms. The third kappa shape index (κ3) is 4.82. The first-order valence-electron chi connectivity index (χ1n) is 4.26. The van der Waals surface area contributed by atoms with Crippen molar-refractivity contribution >= 4 is 16.5 Å². The highest BCUT2D eigenvalue weighted by Crippen LogP contribution is 2.08. The molecular formula is C8H15N3OS. The fraction of sp³-hybridized carbons (Fsp3) is 0.625. The van der Waals surface area contributed by atoms with Gasteiger partial charge in [0, 0.05) is 38.3 Å². The van der Waals surface area contributed by atoms with Crippen LogP contribution in [0.15, 0.2) is 11.6 Å². The molecule has 0 aliphatic rings. The zero-order chi connectivity index (χ0) is 9.36. The largest absolute Gasteiger partial charge is 0.383 e. The van der Waals surface area contributed by atoms with E-state index in [0.29, 0.717) is 0 Å². The van der Waals surface area contributed by atoms with Gasteiger partial charge in [-0.15, -0.1) is 11.3 Å². The number of nitrogens with one attached hydrogen (secondary N) is 2. The van der Waals surface area contributed by atoms with Crippen LogP contribution >= 0.6 is 11.3 Å². The standard InChI is InChI=1S/C8H15N3OS/c1-12-6-4-9-2-3-10-8-11-5-7-13-8/h5,7,9H,2-4,6H2,1H3,(H,10,11). The van der Waals surface area contributed by atoms with Crippen molar-refractivity contribution in [3.63, 3.8) is 0 Å². The van der Waals surface area contributed by atoms with Crippen molar-refractivity contribution in [2.45, 2.75) is 0 Å². The molecule has 0 spiro atoms. The van der Waals surface area contributed by atoms with Crippen LogP contribution in [0.1, 0.15) is 0 Å². The van der Waals surface area contributed by atoms with E-state index >= 15 is 0 Å². The normalized spacial score (nSPS) is 10.2. The maximum absolute atomic E-state index is 4.90. The molecule has 1 aromatic heterocycles. The number of aromatic nitrogens is 1. The SMILES string of the molecule is COCCNCCNc1nccs1. The molecule has 2 N–H and O–H groups in total. The molecule has 0 saturated carbocycles. The first-order valence-corrected chi connectivity index (χ1v) is 5.14. The highest BCUT2D eigenvalue weighted by atomic mass is 32.1. The van der Waals surface area contributed by atoms with E-state index in [1.807, 2.05) is 5.38 Å². The van der Waals surface area contributed by atoms with E-state index in [4.69, 9.17) is 4.74 Å². The molecule has 0 radical (unpaired) electrons. The van der Waals surface area contributed by atoms with Gasteiger partial charge in [-0.2, -0.15) is 0 Å². The Morgan fingerprint density at radius 1 is 1.46 bits per heavy atom. The smallest absolute Gasteiger partial charge is 0.182 e. The van der Waals surface area contributed by atoms with E-state index in [0.717, 1.165) is 31.4 Å². The maximum Gasteiger partial charge on any atom is 0.182 e. The summed E-state index contributed by atoms with van der Waals surface area (Å²) in [5.74, 6) is 0. The van der Waals surface area contributed by atoms with Crippen LogP contribution < -0.4 is 10.6 Å². The fourth-order valence-electron chi connectivity index (χ4n) is 0.868. The van der Waals surface area contributed by atoms with Gasteiger partial charge in [0.05, 0.1) is 6.61 Å². The number of thiazole rings is 1. The van der Waals surface area contributed by atoms with E-state index in [1.165, 1.54) is 0 Å². The highest BCUT2D eigenvalue weighted by Gasteiger charge is 1.91. The van der Waals surface area contributed by atoms with Crippen LogP contribution in [0, 0.1) is 0 Å². The number of ether oxygens (including phenoxy) is 1. The highest BCUT2D eigenvalue weighted by molar-refractivity contribution is 7.13. The molecule has 0 atom stereocenters. The number of anilines is 1. The molecule has 74 valence electrons. The zero-order valence-corrected chi connectivity index (χ0v) is 8.56. The predicted molar refractivity (Wildman–Crippen MR) is 55.3 cm³/mol. The quantitative estimate of drug-likeness (QED) is 0.640. The van der Waals surface area contributed by atoms with E-state index in [9.17, 15) is 0 Å². The van der Waals surface area contributed by atoms with Crippen LogP contribution in [-0.4, -0.2) is 38.3 Å². The van der Waals surface area contributed by atoms with Crippen LogP contribution in [0.2, 0.25) is 0 Å². The van der Waals surface area contributed by atoms with E-state index in [-0.39, 0.29) is 0 Å². The molecule has 0 aromatic carbocycles. The number of nitrogens with zero attached hydrogens (tertiary/aromatic N) is 1. The maximum atomic E-state index is 4.90. The van der Waals surface area contributed by atoms with Gasteiger partial charge in [-0.3, -0.25) is 0 Å². The van der Waals surface area contributed by atoms with Crippen molar-refractivity contribution in [3.8, 4) is 0 Å². The molecule has 1 heterocycles. The molecule has 13 heavy (non-hydrogen) atoms. The van der Waals surface area contributed by atoms with Crippen LogP contribution in [0.4, 0.5) is 5.13 Å². The minimum absolute atomic E-state index is 0.761. The summed E-state index contributed by atoms with van der Waals surface area (Å²) in [5, 5.41) is 9.38. The van der Waals surface area contributed by atoms with Crippen LogP contribution in [-0.2, 0) is 4.74 Å². The first-order chi connectivity index (χ1) is 6.43. The molecule has 0 aliphatic carbocycles. The second-order valence-electron chi connectivity index (χ2n) is 2.51. The molecule has 0 aliphatic heterocycles. The Balaban J connectivity index is 1.90. The molecular weight excluding hydrogens is 186 g/mol. The van der Waals surface area contributed by atoms with Crippen molar-refractivity contribution < 1.29 is 4.74 Å². The molecule has 0 unspecified atom stereocenters. The molecule has 1 aromatic rings. The molecule has 0 fully saturated rings. The lowest BCUT2D eigenvalue weighted by molar-refractivity contribution is 0.200. The summed E-state index contributed by atoms with van der Waals surface area (Å²) >= 11 is 1.62. The van der Waals surface area contributed by atoms with Crippen molar-refractivity contribution in [1.29, 1.82) is 0 Å². The Morgan fingerprint density at radius 2 is 2.38 bits per heavy atom. The number of hydrogen-bond donors (Lipinski definition) is 2. The van der Waals surface area contributed by atoms with Gasteiger partial charge >= 0.3 is 0 Å². The van der Waals surface area contributed by atoms with E-state index in [2.05, 4.69) is 15.6 Å². The van der Waals surface area contributed by atoms with Crippen molar-refractivity contribution in [2.24, 2.45) is 0 Å². The zero-order valence-electron chi connectivity index (χ0n) is 7.75. The second-order valence-corrected chi connectivity index (χ2v) is 3.40. The van der Waals surface area contributed by atoms with Crippen LogP contribution in [0.25, 0.3) is 0 Å². The van der Waals surface area contributed by atoms with Gasteiger partial charge in [0.1, 0.15) is 0 Å². The van der Waals surface area contributed by atoms with Crippen molar-refractivity contribution in [3.05, 3.63) is 11.6 Å². The summed E-state index contributed by atoms with van der Waals surface area (Å²) in [6.07, 6.45) is 1.80. The van der Waals surface area contributed by atoms with Gasteiger partial charge in [-0.25, -0.2) is 4.98 Å². The minimum Gasteiger partial charge on any atom is -0.383 e. The Hall–Kier alpha value is -0.650. The molecule has 4 nitrogen and oxygen atoms in total. The van der Waals surface area contributed by atoms with E-state index in [1.54, 1.807) is 24.6 Å².